The topological polar surface area (TPSA) is 65.8 Å². The Labute approximate surface area is 107 Å². The van der Waals surface area contributed by atoms with Gasteiger partial charge in [0.1, 0.15) is 11.9 Å². The van der Waals surface area contributed by atoms with Crippen molar-refractivity contribution in [3.8, 4) is 6.07 Å². The fourth-order valence-corrected chi connectivity index (χ4v) is 1.46. The first-order chi connectivity index (χ1) is 9.10. The summed E-state index contributed by atoms with van der Waals surface area (Å²) in [6.07, 6.45) is 1.15. The quantitative estimate of drug-likeness (QED) is 0.842. The Kier molecular flexibility index (Phi) is 3.48. The van der Waals surface area contributed by atoms with E-state index in [-0.39, 0.29) is 16.8 Å². The molecule has 0 bridgehead atoms. The van der Waals surface area contributed by atoms with Gasteiger partial charge in [-0.1, -0.05) is 0 Å². The lowest BCUT2D eigenvalue weighted by Crippen LogP contribution is -2.13. The van der Waals surface area contributed by atoms with E-state index in [0.717, 1.165) is 24.4 Å². The van der Waals surface area contributed by atoms with Crippen molar-refractivity contribution in [2.75, 3.05) is 5.32 Å². The van der Waals surface area contributed by atoms with E-state index < -0.39 is 17.7 Å². The second-order valence-electron chi connectivity index (χ2n) is 3.62. The van der Waals surface area contributed by atoms with E-state index in [9.17, 15) is 13.6 Å². The van der Waals surface area contributed by atoms with E-state index in [4.69, 9.17) is 5.26 Å². The zero-order valence-electron chi connectivity index (χ0n) is 9.52. The van der Waals surface area contributed by atoms with Crippen LogP contribution in [0.25, 0.3) is 0 Å². The zero-order valence-corrected chi connectivity index (χ0v) is 9.52. The summed E-state index contributed by atoms with van der Waals surface area (Å²) in [6, 6.07) is 7.44. The third-order valence-corrected chi connectivity index (χ3v) is 2.34. The van der Waals surface area contributed by atoms with E-state index in [2.05, 4.69) is 10.3 Å². The van der Waals surface area contributed by atoms with Crippen molar-refractivity contribution in [3.05, 3.63) is 59.4 Å². The smallest absolute Gasteiger partial charge is 0.255 e. The number of halogens is 2. The molecule has 19 heavy (non-hydrogen) atoms. The van der Waals surface area contributed by atoms with Gasteiger partial charge in [-0.05, 0) is 24.3 Å². The second-order valence-corrected chi connectivity index (χ2v) is 3.62. The van der Waals surface area contributed by atoms with Crippen LogP contribution in [0.2, 0.25) is 0 Å². The van der Waals surface area contributed by atoms with Gasteiger partial charge in [0.15, 0.2) is 0 Å². The van der Waals surface area contributed by atoms with Crippen LogP contribution < -0.4 is 5.32 Å². The van der Waals surface area contributed by atoms with E-state index in [0.29, 0.717) is 0 Å². The van der Waals surface area contributed by atoms with Gasteiger partial charge in [0.25, 0.3) is 5.91 Å². The summed E-state index contributed by atoms with van der Waals surface area (Å²) in [5.74, 6) is -1.97. The molecule has 0 saturated heterocycles. The van der Waals surface area contributed by atoms with Crippen LogP contribution in [-0.4, -0.2) is 10.9 Å². The van der Waals surface area contributed by atoms with Gasteiger partial charge in [0, 0.05) is 17.8 Å². The molecule has 4 nitrogen and oxygen atoms in total. The average Bonchev–Trinajstić information content (AvgIpc) is 2.40. The summed E-state index contributed by atoms with van der Waals surface area (Å²) in [7, 11) is 0. The molecule has 2 rings (SSSR count). The molecule has 2 aromatic rings. The number of nitriles is 1. The van der Waals surface area contributed by atoms with Crippen molar-refractivity contribution in [1.82, 2.24) is 4.98 Å². The number of amides is 1. The number of nitrogens with zero attached hydrogens (tertiary/aromatic N) is 2. The molecule has 0 unspecified atom stereocenters. The minimum Gasteiger partial charge on any atom is -0.321 e. The molecule has 0 aliphatic rings. The largest absolute Gasteiger partial charge is 0.321 e. The Morgan fingerprint density at radius 2 is 2.05 bits per heavy atom. The van der Waals surface area contributed by atoms with Crippen molar-refractivity contribution in [2.45, 2.75) is 0 Å². The molecular weight excluding hydrogens is 252 g/mol. The fourth-order valence-electron chi connectivity index (χ4n) is 1.46. The maximum absolute atomic E-state index is 12.9. The number of hydrogen-bond donors (Lipinski definition) is 1. The van der Waals surface area contributed by atoms with Gasteiger partial charge in [0.05, 0.1) is 11.3 Å². The van der Waals surface area contributed by atoms with E-state index >= 15 is 0 Å². The molecule has 0 saturated carbocycles. The van der Waals surface area contributed by atoms with E-state index in [1.807, 2.05) is 0 Å². The highest BCUT2D eigenvalue weighted by Gasteiger charge is 2.10. The summed E-state index contributed by atoms with van der Waals surface area (Å²) in [5, 5.41) is 11.2. The zero-order chi connectivity index (χ0) is 13.8. The molecule has 0 fully saturated rings. The van der Waals surface area contributed by atoms with Gasteiger partial charge in [-0.2, -0.15) is 9.65 Å². The molecule has 1 aromatic carbocycles. The highest BCUT2D eigenvalue weighted by molar-refractivity contribution is 6.04. The molecule has 1 aromatic heterocycles. The minimum atomic E-state index is -0.785. The molecule has 0 atom stereocenters. The standard InChI is InChI=1S/C13H7F2N3O/c14-10-1-2-11(9(5-10)7-16)18-13(19)8-3-4-17-12(15)6-8/h1-6H,(H,18,19). The number of carbonyl (C=O) groups is 1. The van der Waals surface area contributed by atoms with Crippen molar-refractivity contribution >= 4 is 11.6 Å². The van der Waals surface area contributed by atoms with Crippen LogP contribution in [0.1, 0.15) is 15.9 Å². The number of pyridine rings is 1. The highest BCUT2D eigenvalue weighted by atomic mass is 19.1. The fraction of sp³-hybridized carbons (Fsp3) is 0. The van der Waals surface area contributed by atoms with Crippen LogP contribution in [0.3, 0.4) is 0 Å². The SMILES string of the molecule is N#Cc1cc(F)ccc1NC(=O)c1ccnc(F)c1. The predicted molar refractivity (Wildman–Crippen MR) is 63.3 cm³/mol. The van der Waals surface area contributed by atoms with Crippen LogP contribution >= 0.6 is 0 Å². The number of nitrogens with one attached hydrogen (secondary N) is 1. The number of hydrogen-bond acceptors (Lipinski definition) is 3. The third-order valence-electron chi connectivity index (χ3n) is 2.34. The van der Waals surface area contributed by atoms with Gasteiger partial charge in [-0.25, -0.2) is 9.37 Å². The number of rotatable bonds is 2. The van der Waals surface area contributed by atoms with Crippen molar-refractivity contribution in [3.63, 3.8) is 0 Å². The summed E-state index contributed by atoms with van der Waals surface area (Å²) in [6.45, 7) is 0. The van der Waals surface area contributed by atoms with E-state index in [1.165, 1.54) is 12.1 Å². The van der Waals surface area contributed by atoms with Crippen LogP contribution in [0.15, 0.2) is 36.5 Å². The Balaban J connectivity index is 2.27. The number of aromatic nitrogens is 1. The average molecular weight is 259 g/mol. The first-order valence-electron chi connectivity index (χ1n) is 5.22. The summed E-state index contributed by atoms with van der Waals surface area (Å²) in [5.41, 5.74) is 0.203. The maximum atomic E-state index is 12.9. The Morgan fingerprint density at radius 3 is 2.74 bits per heavy atom. The van der Waals surface area contributed by atoms with Crippen LogP contribution in [-0.2, 0) is 0 Å². The first-order valence-corrected chi connectivity index (χ1v) is 5.22. The third kappa shape index (κ3) is 2.90. The van der Waals surface area contributed by atoms with Gasteiger partial charge in [0.2, 0.25) is 5.95 Å². The monoisotopic (exact) mass is 259 g/mol. The normalized spacial score (nSPS) is 9.74. The molecule has 94 valence electrons. The second kappa shape index (κ2) is 5.23. The van der Waals surface area contributed by atoms with Gasteiger partial charge < -0.3 is 5.32 Å². The minimum absolute atomic E-state index is 0.0112. The molecule has 0 spiro atoms. The Bertz CT molecular complexity index is 680. The number of benzene rings is 1. The molecule has 6 heteroatoms. The maximum Gasteiger partial charge on any atom is 0.255 e. The molecule has 1 N–H and O–H groups in total. The highest BCUT2D eigenvalue weighted by Crippen LogP contribution is 2.17. The van der Waals surface area contributed by atoms with Gasteiger partial charge >= 0.3 is 0 Å². The van der Waals surface area contributed by atoms with Crippen molar-refractivity contribution in [1.29, 1.82) is 5.26 Å². The lowest BCUT2D eigenvalue weighted by atomic mass is 10.1. The molecule has 1 amide bonds. The van der Waals surface area contributed by atoms with E-state index in [1.54, 1.807) is 6.07 Å². The molecule has 0 aliphatic heterocycles. The lowest BCUT2D eigenvalue weighted by Gasteiger charge is -2.06. The first kappa shape index (κ1) is 12.6. The number of carbonyl (C=O) groups excluding carboxylic acids is 1. The predicted octanol–water partition coefficient (Wildman–Crippen LogP) is 2.48. The van der Waals surface area contributed by atoms with Crippen LogP contribution in [0.5, 0.6) is 0 Å². The summed E-state index contributed by atoms with van der Waals surface area (Å²) >= 11 is 0. The Hall–Kier alpha value is -2.81. The summed E-state index contributed by atoms with van der Waals surface area (Å²) < 4.78 is 25.8. The Morgan fingerprint density at radius 1 is 1.26 bits per heavy atom. The van der Waals surface area contributed by atoms with Crippen molar-refractivity contribution < 1.29 is 13.6 Å². The molecule has 0 aliphatic carbocycles. The number of anilines is 1. The van der Waals surface area contributed by atoms with Crippen molar-refractivity contribution in [2.24, 2.45) is 0 Å². The van der Waals surface area contributed by atoms with Crippen LogP contribution in [0.4, 0.5) is 14.5 Å². The molecule has 0 radical (unpaired) electrons. The van der Waals surface area contributed by atoms with Gasteiger partial charge in [-0.3, -0.25) is 4.79 Å². The molecule has 1 heterocycles. The summed E-state index contributed by atoms with van der Waals surface area (Å²) in [4.78, 5) is 15.1. The van der Waals surface area contributed by atoms with Gasteiger partial charge in [-0.15, -0.1) is 0 Å². The lowest BCUT2D eigenvalue weighted by molar-refractivity contribution is 0.102. The van der Waals surface area contributed by atoms with Crippen LogP contribution in [0, 0.1) is 23.1 Å². The molecular formula is C13H7F2N3O.